The number of ether oxygens (including phenoxy) is 2. The number of anilines is 1. The Morgan fingerprint density at radius 2 is 1.82 bits per heavy atom. The highest BCUT2D eigenvalue weighted by atomic mass is 32.1. The maximum atomic E-state index is 12.1. The van der Waals surface area contributed by atoms with Gasteiger partial charge in [0.2, 0.25) is 5.91 Å². The number of aryl methyl sites for hydroxylation is 1. The molecule has 1 aromatic heterocycles. The number of urea groups is 1. The molecule has 7 nitrogen and oxygen atoms in total. The topological polar surface area (TPSA) is 79.9 Å². The quantitative estimate of drug-likeness (QED) is 0.666. The van der Waals surface area contributed by atoms with E-state index >= 15 is 0 Å². The zero-order valence-electron chi connectivity index (χ0n) is 16.7. The number of amides is 3. The second-order valence-corrected chi connectivity index (χ2v) is 7.23. The molecule has 0 saturated carbocycles. The molecule has 1 heterocycles. The number of hydrogen-bond donors (Lipinski definition) is 2. The lowest BCUT2D eigenvalue weighted by Crippen LogP contribution is -2.40. The van der Waals surface area contributed by atoms with Crippen molar-refractivity contribution in [3.8, 4) is 11.5 Å². The van der Waals surface area contributed by atoms with Gasteiger partial charge in [-0.25, -0.2) is 4.79 Å². The molecule has 0 fully saturated rings. The van der Waals surface area contributed by atoms with Crippen molar-refractivity contribution in [2.24, 2.45) is 0 Å². The van der Waals surface area contributed by atoms with Crippen LogP contribution in [-0.4, -0.2) is 43.6 Å². The van der Waals surface area contributed by atoms with E-state index in [2.05, 4.69) is 16.7 Å². The number of imide groups is 1. The summed E-state index contributed by atoms with van der Waals surface area (Å²) in [6.07, 6.45) is 0. The SMILES string of the molecule is CCOc1ccc(NC(=O)NC(=O)CN(C)Cc2sccc2C)cc1OCC. The molecule has 0 aliphatic heterocycles. The van der Waals surface area contributed by atoms with Crippen molar-refractivity contribution in [2.45, 2.75) is 27.3 Å². The number of nitrogens with zero attached hydrogens (tertiary/aromatic N) is 1. The monoisotopic (exact) mass is 405 g/mol. The van der Waals surface area contributed by atoms with Crippen LogP contribution in [0.2, 0.25) is 0 Å². The van der Waals surface area contributed by atoms with Gasteiger partial charge in [0.25, 0.3) is 0 Å². The van der Waals surface area contributed by atoms with Crippen molar-refractivity contribution in [1.29, 1.82) is 0 Å². The van der Waals surface area contributed by atoms with E-state index in [-0.39, 0.29) is 12.5 Å². The number of hydrogen-bond acceptors (Lipinski definition) is 6. The fraction of sp³-hybridized carbons (Fsp3) is 0.400. The van der Waals surface area contributed by atoms with Crippen LogP contribution in [0.15, 0.2) is 29.6 Å². The molecule has 0 bridgehead atoms. The lowest BCUT2D eigenvalue weighted by molar-refractivity contribution is -0.120. The molecule has 0 unspecified atom stereocenters. The first kappa shape index (κ1) is 21.7. The lowest BCUT2D eigenvalue weighted by Gasteiger charge is -2.16. The summed E-state index contributed by atoms with van der Waals surface area (Å²) in [5.41, 5.74) is 1.72. The van der Waals surface area contributed by atoms with Crippen molar-refractivity contribution in [1.82, 2.24) is 10.2 Å². The van der Waals surface area contributed by atoms with Crippen LogP contribution in [0.1, 0.15) is 24.3 Å². The fourth-order valence-electron chi connectivity index (χ4n) is 2.57. The minimum absolute atomic E-state index is 0.123. The normalized spacial score (nSPS) is 10.6. The van der Waals surface area contributed by atoms with Gasteiger partial charge in [-0.05, 0) is 57.0 Å². The first-order chi connectivity index (χ1) is 13.4. The van der Waals surface area contributed by atoms with E-state index in [0.717, 1.165) is 0 Å². The number of benzene rings is 1. The van der Waals surface area contributed by atoms with Crippen LogP contribution in [-0.2, 0) is 11.3 Å². The number of likely N-dealkylation sites (N-methyl/N-ethyl adjacent to an activating group) is 1. The number of carbonyl (C=O) groups excluding carboxylic acids is 2. The Kier molecular flexibility index (Phi) is 8.28. The second kappa shape index (κ2) is 10.7. The molecule has 2 rings (SSSR count). The average molecular weight is 406 g/mol. The third kappa shape index (κ3) is 6.54. The molecule has 8 heteroatoms. The predicted octanol–water partition coefficient (Wildman–Crippen LogP) is 3.63. The zero-order valence-corrected chi connectivity index (χ0v) is 17.5. The lowest BCUT2D eigenvalue weighted by atomic mass is 10.2. The van der Waals surface area contributed by atoms with Crippen LogP contribution in [0.5, 0.6) is 11.5 Å². The van der Waals surface area contributed by atoms with Gasteiger partial charge in [-0.15, -0.1) is 11.3 Å². The molecule has 0 spiro atoms. The van der Waals surface area contributed by atoms with Crippen molar-refractivity contribution < 1.29 is 19.1 Å². The summed E-state index contributed by atoms with van der Waals surface area (Å²) >= 11 is 1.66. The summed E-state index contributed by atoms with van der Waals surface area (Å²) in [7, 11) is 1.84. The fourth-order valence-corrected chi connectivity index (χ4v) is 3.55. The van der Waals surface area contributed by atoms with Gasteiger partial charge >= 0.3 is 6.03 Å². The van der Waals surface area contributed by atoms with Gasteiger partial charge in [0, 0.05) is 23.2 Å². The first-order valence-electron chi connectivity index (χ1n) is 9.14. The Labute approximate surface area is 169 Å². The van der Waals surface area contributed by atoms with Crippen molar-refractivity contribution in [3.63, 3.8) is 0 Å². The van der Waals surface area contributed by atoms with Crippen molar-refractivity contribution in [3.05, 3.63) is 40.1 Å². The van der Waals surface area contributed by atoms with E-state index in [1.54, 1.807) is 29.5 Å². The highest BCUT2D eigenvalue weighted by Gasteiger charge is 2.13. The summed E-state index contributed by atoms with van der Waals surface area (Å²) in [6, 6.07) is 6.56. The van der Waals surface area contributed by atoms with Crippen molar-refractivity contribution in [2.75, 3.05) is 32.1 Å². The maximum Gasteiger partial charge on any atom is 0.325 e. The summed E-state index contributed by atoms with van der Waals surface area (Å²) in [4.78, 5) is 27.3. The molecule has 0 aliphatic carbocycles. The zero-order chi connectivity index (χ0) is 20.5. The molecule has 0 saturated heterocycles. The minimum atomic E-state index is -0.586. The molecule has 152 valence electrons. The minimum Gasteiger partial charge on any atom is -0.490 e. The summed E-state index contributed by atoms with van der Waals surface area (Å²) < 4.78 is 11.0. The third-order valence-corrected chi connectivity index (χ3v) is 4.86. The van der Waals surface area contributed by atoms with E-state index in [9.17, 15) is 9.59 Å². The van der Waals surface area contributed by atoms with Crippen LogP contribution in [0.25, 0.3) is 0 Å². The van der Waals surface area contributed by atoms with Crippen LogP contribution in [0.4, 0.5) is 10.5 Å². The van der Waals surface area contributed by atoms with Crippen LogP contribution >= 0.6 is 11.3 Å². The largest absolute Gasteiger partial charge is 0.490 e. The molecular formula is C20H27N3O4S. The molecule has 2 N–H and O–H groups in total. The van der Waals surface area contributed by atoms with Gasteiger partial charge in [0.1, 0.15) is 0 Å². The Morgan fingerprint density at radius 3 is 2.46 bits per heavy atom. The number of thiophene rings is 1. The second-order valence-electron chi connectivity index (χ2n) is 6.23. The molecule has 2 aromatic rings. The molecule has 0 radical (unpaired) electrons. The highest BCUT2D eigenvalue weighted by Crippen LogP contribution is 2.30. The van der Waals surface area contributed by atoms with E-state index in [4.69, 9.17) is 9.47 Å². The molecule has 28 heavy (non-hydrogen) atoms. The first-order valence-corrected chi connectivity index (χ1v) is 10.0. The smallest absolute Gasteiger partial charge is 0.325 e. The van der Waals surface area contributed by atoms with E-state index in [0.29, 0.717) is 36.9 Å². The van der Waals surface area contributed by atoms with E-state index in [1.165, 1.54) is 10.4 Å². The highest BCUT2D eigenvalue weighted by molar-refractivity contribution is 7.10. The molecular weight excluding hydrogens is 378 g/mol. The molecule has 1 aromatic carbocycles. The van der Waals surface area contributed by atoms with Gasteiger partial charge < -0.3 is 14.8 Å². The van der Waals surface area contributed by atoms with Gasteiger partial charge in [0.15, 0.2) is 11.5 Å². The summed E-state index contributed by atoms with van der Waals surface area (Å²) in [6.45, 7) is 7.58. The third-order valence-electron chi connectivity index (χ3n) is 3.85. The molecule has 3 amide bonds. The standard InChI is InChI=1S/C20H27N3O4S/c1-5-26-16-8-7-15(11-17(16)27-6-2)21-20(25)22-19(24)13-23(4)12-18-14(3)9-10-28-18/h7-11H,5-6,12-13H2,1-4H3,(H2,21,22,24,25). The average Bonchev–Trinajstić information content (AvgIpc) is 3.02. The van der Waals surface area contributed by atoms with Gasteiger partial charge in [-0.1, -0.05) is 0 Å². The van der Waals surface area contributed by atoms with Gasteiger partial charge in [0.05, 0.1) is 19.8 Å². The van der Waals surface area contributed by atoms with E-state index < -0.39 is 6.03 Å². The number of rotatable bonds is 9. The maximum absolute atomic E-state index is 12.1. The Hall–Kier alpha value is -2.58. The number of carbonyl (C=O) groups is 2. The summed E-state index contributed by atoms with van der Waals surface area (Å²) in [5.74, 6) is 0.779. The number of nitrogens with one attached hydrogen (secondary N) is 2. The van der Waals surface area contributed by atoms with Crippen LogP contribution in [0, 0.1) is 6.92 Å². The molecule has 0 aliphatic rings. The Balaban J connectivity index is 1.87. The van der Waals surface area contributed by atoms with Gasteiger partial charge in [-0.3, -0.25) is 15.0 Å². The van der Waals surface area contributed by atoms with Crippen molar-refractivity contribution >= 4 is 29.0 Å². The van der Waals surface area contributed by atoms with E-state index in [1.807, 2.05) is 38.1 Å². The Bertz CT molecular complexity index is 806. The van der Waals surface area contributed by atoms with Gasteiger partial charge in [-0.2, -0.15) is 0 Å². The predicted molar refractivity (Wildman–Crippen MR) is 111 cm³/mol. The van der Waals surface area contributed by atoms with Crippen LogP contribution < -0.4 is 20.1 Å². The summed E-state index contributed by atoms with van der Waals surface area (Å²) in [5, 5.41) is 7.02. The molecule has 0 atom stereocenters. The van der Waals surface area contributed by atoms with Crippen LogP contribution in [0.3, 0.4) is 0 Å². The Morgan fingerprint density at radius 1 is 1.11 bits per heavy atom.